The molecule has 0 spiro atoms. The molecule has 0 radical (unpaired) electrons. The van der Waals surface area contributed by atoms with Crippen molar-refractivity contribution in [1.29, 1.82) is 0 Å². The van der Waals surface area contributed by atoms with Gasteiger partial charge in [-0.3, -0.25) is 34.0 Å². The fourth-order valence-electron chi connectivity index (χ4n) is 8.81. The van der Waals surface area contributed by atoms with Crippen molar-refractivity contribution in [3.8, 4) is 29.1 Å². The number of aryl methyl sites for hydroxylation is 1. The lowest BCUT2D eigenvalue weighted by Crippen LogP contribution is -2.49. The van der Waals surface area contributed by atoms with Crippen LogP contribution in [0.15, 0.2) is 100 Å². The SMILES string of the molecule is COc1cc2c(cc1OCc1cc(C#CCCC(=O)OCc3ccc(CC(=O)[C@H](C)NC(=O)[C@@H](N)C(C)C)cc3)cc(COc3cc4c(cc3C)C(=O)N3C=C(C)C[C@H]3C=N4)c1)N=C[C@@H]1CC(C)=CN1C2=O. The zero-order valence-electron chi connectivity index (χ0n) is 41.7. The number of carbonyl (C=O) groups excluding carboxylic acids is 5. The van der Waals surface area contributed by atoms with E-state index in [9.17, 15) is 24.0 Å². The van der Waals surface area contributed by atoms with Crippen LogP contribution in [0.25, 0.3) is 0 Å². The van der Waals surface area contributed by atoms with Crippen molar-refractivity contribution in [2.75, 3.05) is 7.11 Å². The van der Waals surface area contributed by atoms with Crippen LogP contribution in [-0.2, 0) is 45.4 Å². The second-order valence-electron chi connectivity index (χ2n) is 19.2. The average molecular weight is 973 g/mol. The molecule has 3 amide bonds. The van der Waals surface area contributed by atoms with E-state index in [0.717, 1.165) is 51.8 Å². The highest BCUT2D eigenvalue weighted by atomic mass is 16.5. The zero-order chi connectivity index (χ0) is 51.2. The molecule has 4 atom stereocenters. The van der Waals surface area contributed by atoms with Crippen molar-refractivity contribution in [2.45, 2.75) is 118 Å². The number of amides is 3. The quantitative estimate of drug-likeness (QED) is 0.0769. The van der Waals surface area contributed by atoms with E-state index < -0.39 is 18.1 Å². The summed E-state index contributed by atoms with van der Waals surface area (Å²) in [6, 6.07) is 18.4. The first-order valence-electron chi connectivity index (χ1n) is 24.2. The molecule has 0 saturated heterocycles. The summed E-state index contributed by atoms with van der Waals surface area (Å²) in [5, 5.41) is 2.70. The summed E-state index contributed by atoms with van der Waals surface area (Å²) in [5.74, 6) is 6.48. The van der Waals surface area contributed by atoms with E-state index in [1.165, 1.54) is 7.11 Å². The zero-order valence-corrected chi connectivity index (χ0v) is 41.7. The number of fused-ring (bicyclic) bond motifs is 4. The Kier molecular flexibility index (Phi) is 15.5. The Hall–Kier alpha value is -7.83. The fraction of sp³-hybridized carbons (Fsp3) is 0.351. The summed E-state index contributed by atoms with van der Waals surface area (Å²) in [6.45, 7) is 11.6. The first-order valence-corrected chi connectivity index (χ1v) is 24.2. The Labute approximate surface area is 420 Å². The largest absolute Gasteiger partial charge is 0.493 e. The Bertz CT molecular complexity index is 3000. The molecule has 4 aliphatic rings. The van der Waals surface area contributed by atoms with Gasteiger partial charge in [-0.15, -0.1) is 0 Å². The monoisotopic (exact) mass is 972 g/mol. The number of esters is 1. The van der Waals surface area contributed by atoms with Gasteiger partial charge in [-0.25, -0.2) is 0 Å². The van der Waals surface area contributed by atoms with Crippen LogP contribution in [0.2, 0.25) is 0 Å². The fourth-order valence-corrected chi connectivity index (χ4v) is 8.81. The Morgan fingerprint density at radius 3 is 1.90 bits per heavy atom. The molecule has 8 rings (SSSR count). The number of carbonyl (C=O) groups is 5. The number of ketones is 1. The van der Waals surface area contributed by atoms with Gasteiger partial charge in [0, 0.05) is 55.4 Å². The van der Waals surface area contributed by atoms with Crippen LogP contribution in [-0.4, -0.2) is 83.0 Å². The number of nitrogens with zero attached hydrogens (tertiary/aromatic N) is 4. The normalized spacial score (nSPS) is 17.2. The average Bonchev–Trinajstić information content (AvgIpc) is 3.88. The first kappa shape index (κ1) is 50.6. The molecule has 0 aliphatic carbocycles. The van der Waals surface area contributed by atoms with Crippen molar-refractivity contribution in [3.05, 3.63) is 135 Å². The number of rotatable bonds is 17. The number of hydrogen-bond acceptors (Lipinski definition) is 12. The smallest absolute Gasteiger partial charge is 0.307 e. The van der Waals surface area contributed by atoms with Gasteiger partial charge in [0.05, 0.1) is 60.2 Å². The van der Waals surface area contributed by atoms with E-state index in [2.05, 4.69) is 22.2 Å². The van der Waals surface area contributed by atoms with Gasteiger partial charge < -0.3 is 39.8 Å². The lowest BCUT2D eigenvalue weighted by Gasteiger charge is -2.19. The Morgan fingerprint density at radius 2 is 1.31 bits per heavy atom. The second-order valence-corrected chi connectivity index (χ2v) is 19.2. The summed E-state index contributed by atoms with van der Waals surface area (Å²) < 4.78 is 24.1. The highest BCUT2D eigenvalue weighted by Crippen LogP contribution is 2.39. The second kappa shape index (κ2) is 22.1. The first-order chi connectivity index (χ1) is 34.5. The van der Waals surface area contributed by atoms with Crippen LogP contribution in [0.3, 0.4) is 0 Å². The molecule has 372 valence electrons. The minimum atomic E-state index is -0.691. The number of nitrogens with two attached hydrogens (primary N) is 1. The minimum Gasteiger partial charge on any atom is -0.493 e. The predicted octanol–water partition coefficient (Wildman–Crippen LogP) is 8.30. The number of hydrogen-bond donors (Lipinski definition) is 2. The van der Waals surface area contributed by atoms with E-state index in [-0.39, 0.29) is 80.6 Å². The maximum atomic E-state index is 13.6. The number of ether oxygens (including phenoxy) is 4. The van der Waals surface area contributed by atoms with Crippen LogP contribution in [0.1, 0.15) is 114 Å². The molecule has 4 aromatic carbocycles. The van der Waals surface area contributed by atoms with Gasteiger partial charge in [-0.2, -0.15) is 0 Å². The predicted molar refractivity (Wildman–Crippen MR) is 274 cm³/mol. The van der Waals surface area contributed by atoms with Gasteiger partial charge in [-0.1, -0.05) is 61.1 Å². The molecule has 4 aromatic rings. The van der Waals surface area contributed by atoms with E-state index in [1.54, 1.807) is 65.4 Å². The highest BCUT2D eigenvalue weighted by Gasteiger charge is 2.33. The third kappa shape index (κ3) is 11.8. The molecule has 0 saturated carbocycles. The van der Waals surface area contributed by atoms with Crippen LogP contribution < -0.4 is 25.3 Å². The highest BCUT2D eigenvalue weighted by molar-refractivity contribution is 6.05. The van der Waals surface area contributed by atoms with Gasteiger partial charge in [0.15, 0.2) is 17.3 Å². The van der Waals surface area contributed by atoms with E-state index in [0.29, 0.717) is 45.3 Å². The number of aliphatic imine (C=N–C) groups is 2. The summed E-state index contributed by atoms with van der Waals surface area (Å²) in [6.07, 6.45) is 9.27. The third-order valence-corrected chi connectivity index (χ3v) is 13.0. The molecule has 15 heteroatoms. The van der Waals surface area contributed by atoms with E-state index >= 15 is 0 Å². The van der Waals surface area contributed by atoms with Crippen molar-refractivity contribution in [1.82, 2.24) is 15.1 Å². The van der Waals surface area contributed by atoms with Crippen molar-refractivity contribution in [3.63, 3.8) is 0 Å². The van der Waals surface area contributed by atoms with Crippen molar-refractivity contribution < 1.29 is 42.9 Å². The lowest BCUT2D eigenvalue weighted by molar-refractivity contribution is -0.144. The van der Waals surface area contributed by atoms with Crippen LogP contribution in [0, 0.1) is 24.7 Å². The van der Waals surface area contributed by atoms with Gasteiger partial charge in [0.25, 0.3) is 11.8 Å². The number of nitrogens with one attached hydrogen (secondary N) is 1. The molecule has 4 aliphatic heterocycles. The van der Waals surface area contributed by atoms with Crippen molar-refractivity contribution >= 4 is 53.3 Å². The summed E-state index contributed by atoms with van der Waals surface area (Å²) in [5.41, 5.74) is 14.7. The summed E-state index contributed by atoms with van der Waals surface area (Å²) in [7, 11) is 1.53. The third-order valence-electron chi connectivity index (χ3n) is 13.0. The van der Waals surface area contributed by atoms with Crippen LogP contribution in [0.4, 0.5) is 11.4 Å². The van der Waals surface area contributed by atoms with Crippen LogP contribution >= 0.6 is 0 Å². The van der Waals surface area contributed by atoms with Gasteiger partial charge in [-0.05, 0) is 105 Å². The molecule has 0 aromatic heterocycles. The van der Waals surface area contributed by atoms with E-state index in [4.69, 9.17) is 29.7 Å². The van der Waals surface area contributed by atoms with Gasteiger partial charge in [0.1, 0.15) is 25.6 Å². The molecule has 4 heterocycles. The van der Waals surface area contributed by atoms with Gasteiger partial charge >= 0.3 is 5.97 Å². The minimum absolute atomic E-state index is 0.0503. The van der Waals surface area contributed by atoms with E-state index in [1.807, 2.05) is 77.5 Å². The molecule has 0 unspecified atom stereocenters. The Balaban J connectivity index is 0.931. The maximum absolute atomic E-state index is 13.6. The topological polar surface area (TPSA) is 192 Å². The molecular weight excluding hydrogens is 913 g/mol. The number of methoxy groups -OCH3 is 1. The molecular formula is C57H60N6O9. The molecule has 0 bridgehead atoms. The molecule has 72 heavy (non-hydrogen) atoms. The lowest BCUT2D eigenvalue weighted by atomic mass is 10.0. The molecule has 3 N–H and O–H groups in total. The molecule has 0 fully saturated rings. The number of Topliss-reactive ketones (excluding diaryl/α,β-unsaturated/α-hetero) is 1. The standard InChI is InChI=1S/C57H60N6O9/c1-33(2)54(58)55(66)61-37(6)49(64)22-38-12-14-39(15-13-38)30-72-53(65)11-9-8-10-40-19-41(31-70-50-24-47-45(18-36(50)5)56(67)62-28-34(3)16-43(62)26-59-47)21-42(20-40)32-71-52-25-48-46(23-51(52)69-7)57(68)63-29-35(4)17-44(63)27-60-48/h12-15,18-21,23-29,33,37,43-44,54H,9,11,16-17,22,30-32,58H2,1-7H3,(H,61,66)/t37-,43-,44-,54-/m0/s1. The maximum Gasteiger partial charge on any atom is 0.307 e. The van der Waals surface area contributed by atoms with Crippen LogP contribution in [0.5, 0.6) is 17.2 Å². The summed E-state index contributed by atoms with van der Waals surface area (Å²) in [4.78, 5) is 77.8. The van der Waals surface area contributed by atoms with Crippen molar-refractivity contribution in [2.24, 2.45) is 21.6 Å². The molecule has 15 nitrogen and oxygen atoms in total. The van der Waals surface area contributed by atoms with Gasteiger partial charge in [0.2, 0.25) is 5.91 Å². The number of benzene rings is 4. The summed E-state index contributed by atoms with van der Waals surface area (Å²) >= 11 is 0. The Morgan fingerprint density at radius 1 is 0.736 bits per heavy atom.